The van der Waals surface area contributed by atoms with Crippen molar-refractivity contribution in [3.8, 4) is 0 Å². The average molecular weight is 332 g/mol. The van der Waals surface area contributed by atoms with E-state index in [1.807, 2.05) is 38.4 Å². The molecule has 0 saturated heterocycles. The molecule has 0 spiro atoms. The number of hydrogen-bond donors (Lipinski definition) is 1. The van der Waals surface area contributed by atoms with E-state index in [0.717, 1.165) is 37.2 Å². The maximum Gasteiger partial charge on any atom is 0.120 e. The van der Waals surface area contributed by atoms with Crippen LogP contribution >= 0.6 is 0 Å². The highest BCUT2D eigenvalue weighted by atomic mass is 16.3. The number of nitrogens with zero attached hydrogens (tertiary/aromatic N) is 3. The first kappa shape index (κ1) is 18.4. The van der Waals surface area contributed by atoms with E-state index < -0.39 is 0 Å². The molecular formula is C18H28N4O2. The van der Waals surface area contributed by atoms with E-state index in [9.17, 15) is 9.70 Å². The zero-order chi connectivity index (χ0) is 17.4. The maximum absolute atomic E-state index is 11.3. The number of aldehydes is 1. The van der Waals surface area contributed by atoms with Crippen LogP contribution in [0.5, 0.6) is 0 Å². The van der Waals surface area contributed by atoms with Gasteiger partial charge in [0.2, 0.25) is 0 Å². The molecule has 2 rings (SSSR count). The molecule has 1 aliphatic rings. The van der Waals surface area contributed by atoms with Crippen LogP contribution in [0.3, 0.4) is 0 Å². The monoisotopic (exact) mass is 332 g/mol. The highest BCUT2D eigenvalue weighted by Crippen LogP contribution is 2.37. The van der Waals surface area contributed by atoms with Gasteiger partial charge in [-0.25, -0.2) is 5.01 Å². The summed E-state index contributed by atoms with van der Waals surface area (Å²) in [6.07, 6.45) is 4.88. The molecule has 1 N–H and O–H groups in total. The van der Waals surface area contributed by atoms with Gasteiger partial charge >= 0.3 is 0 Å². The summed E-state index contributed by atoms with van der Waals surface area (Å²) in [5, 5.41) is 8.01. The molecule has 1 fully saturated rings. The second-order valence-corrected chi connectivity index (χ2v) is 6.57. The van der Waals surface area contributed by atoms with Crippen molar-refractivity contribution in [2.24, 2.45) is 17.1 Å². The summed E-state index contributed by atoms with van der Waals surface area (Å²) in [6, 6.07) is 7.88. The van der Waals surface area contributed by atoms with Gasteiger partial charge in [0.1, 0.15) is 6.29 Å². The molecule has 1 saturated carbocycles. The van der Waals surface area contributed by atoms with Crippen LogP contribution < -0.4 is 15.2 Å². The smallest absolute Gasteiger partial charge is 0.120 e. The highest BCUT2D eigenvalue weighted by Gasteiger charge is 2.32. The molecule has 0 aromatic heterocycles. The number of anilines is 2. The fraction of sp³-hybridized carbons (Fsp3) is 0.611. The lowest BCUT2D eigenvalue weighted by molar-refractivity contribution is -0.107. The van der Waals surface area contributed by atoms with Crippen LogP contribution in [0.15, 0.2) is 29.6 Å². The van der Waals surface area contributed by atoms with Gasteiger partial charge < -0.3 is 15.0 Å². The summed E-state index contributed by atoms with van der Waals surface area (Å²) in [4.78, 5) is 23.8. The van der Waals surface area contributed by atoms with Crippen molar-refractivity contribution in [2.45, 2.75) is 25.7 Å². The fourth-order valence-electron chi connectivity index (χ4n) is 3.04. The molecule has 1 atom stereocenters. The maximum atomic E-state index is 11.3. The normalized spacial score (nSPS) is 14.9. The zero-order valence-corrected chi connectivity index (χ0v) is 14.6. The molecule has 1 unspecified atom stereocenters. The molecule has 24 heavy (non-hydrogen) atoms. The number of unbranched alkanes of at least 4 members (excludes halogenated alkanes) is 1. The Morgan fingerprint density at radius 2 is 1.96 bits per heavy atom. The molecule has 0 heterocycles. The number of carbonyl (C=O) groups is 1. The van der Waals surface area contributed by atoms with Crippen LogP contribution in [0.25, 0.3) is 0 Å². The highest BCUT2D eigenvalue weighted by molar-refractivity contribution is 5.56. The molecule has 6 heteroatoms. The van der Waals surface area contributed by atoms with Crippen LogP contribution in [0, 0.1) is 16.7 Å². The Kier molecular flexibility index (Phi) is 7.18. The molecule has 6 nitrogen and oxygen atoms in total. The summed E-state index contributed by atoms with van der Waals surface area (Å²) >= 11 is 0. The molecule has 0 amide bonds. The summed E-state index contributed by atoms with van der Waals surface area (Å²) in [5.41, 5.74) is 1.90. The Morgan fingerprint density at radius 1 is 1.29 bits per heavy atom. The Balaban J connectivity index is 1.96. The second kappa shape index (κ2) is 9.37. The number of rotatable bonds is 12. The number of nitrogens with one attached hydrogen (secondary N) is 1. The Labute approximate surface area is 144 Å². The molecule has 132 valence electrons. The lowest BCUT2D eigenvalue weighted by atomic mass is 10.0. The van der Waals surface area contributed by atoms with Crippen molar-refractivity contribution >= 4 is 17.7 Å². The predicted molar refractivity (Wildman–Crippen MR) is 98.3 cm³/mol. The van der Waals surface area contributed by atoms with Crippen molar-refractivity contribution in [1.29, 1.82) is 0 Å². The number of carbonyl (C=O) groups excluding carboxylic acids is 1. The fourth-order valence-corrected chi connectivity index (χ4v) is 3.04. The Hall–Kier alpha value is -1.95. The molecule has 0 aliphatic heterocycles. The first-order valence-corrected chi connectivity index (χ1v) is 8.69. The third-order valence-electron chi connectivity index (χ3n) is 4.67. The van der Waals surface area contributed by atoms with Crippen molar-refractivity contribution in [1.82, 2.24) is 5.32 Å². The number of benzene rings is 1. The third-order valence-corrected chi connectivity index (χ3v) is 4.67. The minimum absolute atomic E-state index is 0.457. The number of nitroso groups, excluding NO2 is 1. The van der Waals surface area contributed by atoms with Crippen LogP contribution in [-0.2, 0) is 4.79 Å². The Morgan fingerprint density at radius 3 is 2.50 bits per heavy atom. The standard InChI is InChI=1S/C18H28N4O2/c1-19-13-16(15-5-6-15)14-22(20-24)18-9-7-17(8-10-18)21(2)11-3-4-12-23/h7-10,12,15-16,19H,3-6,11,13-14H2,1-2H3. The van der Waals surface area contributed by atoms with E-state index in [2.05, 4.69) is 15.5 Å². The SMILES string of the molecule is CNCC(CN(N=O)c1ccc(N(C)CCCC=O)cc1)C1CC1. The summed E-state index contributed by atoms with van der Waals surface area (Å²) in [5.74, 6) is 1.17. The predicted octanol–water partition coefficient (Wildman–Crippen LogP) is 2.84. The van der Waals surface area contributed by atoms with Crippen molar-refractivity contribution in [3.05, 3.63) is 29.2 Å². The quantitative estimate of drug-likeness (QED) is 0.276. The molecule has 1 aromatic rings. The van der Waals surface area contributed by atoms with Gasteiger partial charge in [-0.2, -0.15) is 0 Å². The van der Waals surface area contributed by atoms with Gasteiger partial charge in [0.15, 0.2) is 0 Å². The van der Waals surface area contributed by atoms with Crippen molar-refractivity contribution in [2.75, 3.05) is 43.6 Å². The van der Waals surface area contributed by atoms with Gasteiger partial charge in [0.05, 0.1) is 11.0 Å². The van der Waals surface area contributed by atoms with Crippen LogP contribution in [0.4, 0.5) is 11.4 Å². The Bertz CT molecular complexity index is 516. The molecule has 1 aliphatic carbocycles. The largest absolute Gasteiger partial charge is 0.375 e. The van der Waals surface area contributed by atoms with E-state index in [1.54, 1.807) is 5.01 Å². The number of hydrogen-bond acceptors (Lipinski definition) is 5. The van der Waals surface area contributed by atoms with E-state index in [0.29, 0.717) is 24.8 Å². The van der Waals surface area contributed by atoms with Gasteiger partial charge in [0.25, 0.3) is 0 Å². The van der Waals surface area contributed by atoms with Crippen LogP contribution in [0.2, 0.25) is 0 Å². The molecule has 1 aromatic carbocycles. The summed E-state index contributed by atoms with van der Waals surface area (Å²) in [6.45, 7) is 2.40. The van der Waals surface area contributed by atoms with Crippen LogP contribution in [0.1, 0.15) is 25.7 Å². The van der Waals surface area contributed by atoms with Crippen LogP contribution in [-0.4, -0.2) is 40.0 Å². The third kappa shape index (κ3) is 5.30. The van der Waals surface area contributed by atoms with Crippen molar-refractivity contribution in [3.63, 3.8) is 0 Å². The lowest BCUT2D eigenvalue weighted by Gasteiger charge is -2.24. The summed E-state index contributed by atoms with van der Waals surface area (Å²) < 4.78 is 0. The average Bonchev–Trinajstić information content (AvgIpc) is 3.44. The van der Waals surface area contributed by atoms with Crippen molar-refractivity contribution < 1.29 is 4.79 Å². The molecular weight excluding hydrogens is 304 g/mol. The first-order chi connectivity index (χ1) is 11.7. The first-order valence-electron chi connectivity index (χ1n) is 8.69. The van der Waals surface area contributed by atoms with Gasteiger partial charge in [0, 0.05) is 32.2 Å². The zero-order valence-electron chi connectivity index (χ0n) is 14.6. The topological polar surface area (TPSA) is 65.0 Å². The van der Waals surface area contributed by atoms with Gasteiger partial charge in [-0.05, 0) is 69.0 Å². The van der Waals surface area contributed by atoms with E-state index in [-0.39, 0.29) is 0 Å². The second-order valence-electron chi connectivity index (χ2n) is 6.57. The molecule has 0 radical (unpaired) electrons. The van der Waals surface area contributed by atoms with E-state index in [4.69, 9.17) is 0 Å². The van der Waals surface area contributed by atoms with Gasteiger partial charge in [-0.15, -0.1) is 4.91 Å². The van der Waals surface area contributed by atoms with Gasteiger partial charge in [-0.3, -0.25) is 0 Å². The van der Waals surface area contributed by atoms with Gasteiger partial charge in [-0.1, -0.05) is 0 Å². The molecule has 0 bridgehead atoms. The summed E-state index contributed by atoms with van der Waals surface area (Å²) in [7, 11) is 3.95. The minimum Gasteiger partial charge on any atom is -0.375 e. The lowest BCUT2D eigenvalue weighted by Crippen LogP contribution is -2.32. The van der Waals surface area contributed by atoms with E-state index >= 15 is 0 Å². The minimum atomic E-state index is 0.457. The van der Waals surface area contributed by atoms with E-state index in [1.165, 1.54) is 12.8 Å².